The molecule has 6 unspecified atom stereocenters. The highest BCUT2D eigenvalue weighted by Gasteiger charge is 2.52. The fourth-order valence-electron chi connectivity index (χ4n) is 6.45. The second-order valence-corrected chi connectivity index (χ2v) is 12.0. The van der Waals surface area contributed by atoms with Crippen LogP contribution in [0.15, 0.2) is 0 Å². The van der Waals surface area contributed by atoms with Crippen LogP contribution < -0.4 is 0 Å². The van der Waals surface area contributed by atoms with Gasteiger partial charge in [0.25, 0.3) is 0 Å². The minimum absolute atomic E-state index is 0.293. The number of likely N-dealkylation sites (tertiary alicyclic amines) is 4. The molecule has 4 nitrogen and oxygen atoms in total. The summed E-state index contributed by atoms with van der Waals surface area (Å²) in [5.41, 5.74) is 0.293. The molecular formula is C21H40N4S2. The normalized spacial score (nSPS) is 37.8. The number of rotatable bonds is 7. The number of hydrogen-bond donors (Lipinski definition) is 1. The van der Waals surface area contributed by atoms with Crippen LogP contribution in [0.1, 0.15) is 54.4 Å². The van der Waals surface area contributed by atoms with Crippen molar-refractivity contribution in [1.29, 1.82) is 0 Å². The van der Waals surface area contributed by atoms with E-state index in [1.807, 2.05) is 0 Å². The summed E-state index contributed by atoms with van der Waals surface area (Å²) in [6.45, 7) is 20.9. The molecule has 4 aliphatic heterocycles. The van der Waals surface area contributed by atoms with Crippen LogP contribution in [-0.4, -0.2) is 93.4 Å². The largest absolute Gasteiger partial charge is 0.296 e. The zero-order chi connectivity index (χ0) is 19.5. The summed E-state index contributed by atoms with van der Waals surface area (Å²) < 4.78 is 0. The van der Waals surface area contributed by atoms with E-state index in [0.29, 0.717) is 23.0 Å². The van der Waals surface area contributed by atoms with Crippen LogP contribution in [0.5, 0.6) is 0 Å². The van der Waals surface area contributed by atoms with Gasteiger partial charge in [0.2, 0.25) is 0 Å². The minimum Gasteiger partial charge on any atom is -0.296 e. The van der Waals surface area contributed by atoms with Gasteiger partial charge in [-0.25, -0.2) is 0 Å². The molecule has 156 valence electrons. The molecule has 0 bridgehead atoms. The third-order valence-electron chi connectivity index (χ3n) is 8.15. The fourth-order valence-corrected chi connectivity index (χ4v) is 7.18. The molecule has 0 aromatic carbocycles. The standard InChI is InChI=1S/C21H40N4S2/c1-14(2)23-8-7-18-20(23)13-24(18)15(3)9-21(5,6)22-10-17-11-25(16(4)27-26)19(17)12-22/h14-20,26H,7-13H2,1-6H3. The first kappa shape index (κ1) is 20.8. The Morgan fingerprint density at radius 1 is 0.926 bits per heavy atom. The van der Waals surface area contributed by atoms with Gasteiger partial charge < -0.3 is 0 Å². The van der Waals surface area contributed by atoms with Gasteiger partial charge in [0.05, 0.1) is 5.37 Å². The number of nitrogens with zero attached hydrogens (tertiary/aromatic N) is 4. The van der Waals surface area contributed by atoms with Gasteiger partial charge in [-0.3, -0.25) is 19.6 Å². The van der Waals surface area contributed by atoms with Crippen molar-refractivity contribution in [2.45, 2.75) is 95.5 Å². The summed E-state index contributed by atoms with van der Waals surface area (Å²) in [6, 6.07) is 3.80. The molecule has 27 heavy (non-hydrogen) atoms. The average Bonchev–Trinajstić information content (AvgIpc) is 3.05. The molecule has 0 saturated carbocycles. The van der Waals surface area contributed by atoms with Crippen molar-refractivity contribution in [2.24, 2.45) is 5.92 Å². The van der Waals surface area contributed by atoms with E-state index in [1.165, 1.54) is 45.6 Å². The Hall–Kier alpha value is 0.540. The Balaban J connectivity index is 1.31. The van der Waals surface area contributed by atoms with Crippen molar-refractivity contribution in [3.63, 3.8) is 0 Å². The van der Waals surface area contributed by atoms with Crippen molar-refractivity contribution in [3.8, 4) is 0 Å². The molecule has 0 aliphatic carbocycles. The number of hydrogen-bond acceptors (Lipinski definition) is 6. The Bertz CT molecular complexity index is 542. The highest BCUT2D eigenvalue weighted by molar-refractivity contribution is 8.68. The minimum atomic E-state index is 0.293. The molecule has 6 atom stereocenters. The van der Waals surface area contributed by atoms with E-state index >= 15 is 0 Å². The van der Waals surface area contributed by atoms with Crippen LogP contribution in [0.2, 0.25) is 0 Å². The smallest absolute Gasteiger partial charge is 0.0633 e. The first-order valence-corrected chi connectivity index (χ1v) is 13.0. The van der Waals surface area contributed by atoms with E-state index in [-0.39, 0.29) is 0 Å². The van der Waals surface area contributed by atoms with Crippen LogP contribution in [0.3, 0.4) is 0 Å². The maximum absolute atomic E-state index is 4.44. The molecular weight excluding hydrogens is 372 g/mol. The fraction of sp³-hybridized carbons (Fsp3) is 1.00. The van der Waals surface area contributed by atoms with Crippen LogP contribution in [0, 0.1) is 5.92 Å². The van der Waals surface area contributed by atoms with Crippen LogP contribution in [0.25, 0.3) is 0 Å². The Labute approximate surface area is 176 Å². The van der Waals surface area contributed by atoms with Crippen molar-refractivity contribution in [1.82, 2.24) is 19.6 Å². The van der Waals surface area contributed by atoms with E-state index in [4.69, 9.17) is 0 Å². The van der Waals surface area contributed by atoms with E-state index in [9.17, 15) is 0 Å². The Morgan fingerprint density at radius 3 is 2.33 bits per heavy atom. The number of thiol groups is 1. The van der Waals surface area contributed by atoms with Gasteiger partial charge in [0.1, 0.15) is 0 Å². The van der Waals surface area contributed by atoms with Gasteiger partial charge in [-0.2, -0.15) is 0 Å². The molecule has 4 rings (SSSR count). The highest BCUT2D eigenvalue weighted by atomic mass is 33.1. The third-order valence-corrected chi connectivity index (χ3v) is 9.65. The Kier molecular flexibility index (Phi) is 5.90. The molecule has 0 aromatic rings. The van der Waals surface area contributed by atoms with Gasteiger partial charge >= 0.3 is 0 Å². The van der Waals surface area contributed by atoms with E-state index in [1.54, 1.807) is 10.8 Å². The molecule has 0 amide bonds. The molecule has 0 N–H and O–H groups in total. The molecule has 0 spiro atoms. The van der Waals surface area contributed by atoms with Gasteiger partial charge in [-0.1, -0.05) is 10.8 Å². The van der Waals surface area contributed by atoms with Crippen molar-refractivity contribution >= 4 is 22.5 Å². The summed E-state index contributed by atoms with van der Waals surface area (Å²) in [5, 5.41) is 0.542. The molecule has 6 heteroatoms. The summed E-state index contributed by atoms with van der Waals surface area (Å²) in [6.07, 6.45) is 2.66. The maximum Gasteiger partial charge on any atom is 0.0633 e. The lowest BCUT2D eigenvalue weighted by Crippen LogP contribution is -2.66. The van der Waals surface area contributed by atoms with Gasteiger partial charge in [0.15, 0.2) is 0 Å². The topological polar surface area (TPSA) is 13.0 Å². The Morgan fingerprint density at radius 2 is 1.67 bits per heavy atom. The second kappa shape index (κ2) is 7.66. The second-order valence-electron chi connectivity index (χ2n) is 10.5. The van der Waals surface area contributed by atoms with Gasteiger partial charge in [-0.05, 0) is 54.4 Å². The third kappa shape index (κ3) is 3.61. The molecule has 0 aromatic heterocycles. The zero-order valence-corrected chi connectivity index (χ0v) is 19.8. The molecule has 4 saturated heterocycles. The summed E-state index contributed by atoms with van der Waals surface area (Å²) in [4.78, 5) is 11.0. The molecule has 0 radical (unpaired) electrons. The van der Waals surface area contributed by atoms with E-state index in [0.717, 1.165) is 24.0 Å². The number of fused-ring (bicyclic) bond motifs is 2. The van der Waals surface area contributed by atoms with Crippen molar-refractivity contribution < 1.29 is 0 Å². The summed E-state index contributed by atoms with van der Waals surface area (Å²) >= 11 is 4.44. The first-order valence-electron chi connectivity index (χ1n) is 11.1. The van der Waals surface area contributed by atoms with Crippen molar-refractivity contribution in [3.05, 3.63) is 0 Å². The lowest BCUT2D eigenvalue weighted by Gasteiger charge is -2.52. The monoisotopic (exact) mass is 412 g/mol. The summed E-state index contributed by atoms with van der Waals surface area (Å²) in [7, 11) is 1.69. The lowest BCUT2D eigenvalue weighted by molar-refractivity contribution is -0.0315. The predicted octanol–water partition coefficient (Wildman–Crippen LogP) is 3.25. The van der Waals surface area contributed by atoms with E-state index in [2.05, 4.69) is 72.8 Å². The van der Waals surface area contributed by atoms with Gasteiger partial charge in [0, 0.05) is 74.4 Å². The van der Waals surface area contributed by atoms with Crippen LogP contribution >= 0.6 is 22.5 Å². The summed E-state index contributed by atoms with van der Waals surface area (Å²) in [5.74, 6) is 0.880. The van der Waals surface area contributed by atoms with Crippen LogP contribution in [-0.2, 0) is 0 Å². The zero-order valence-electron chi connectivity index (χ0n) is 18.1. The SMILES string of the molecule is CC(C)N1CCC2C1CN2C(C)CC(C)(C)N1CC2CN(C(C)SS)C2C1. The van der Waals surface area contributed by atoms with Gasteiger partial charge in [-0.15, -0.1) is 11.7 Å². The van der Waals surface area contributed by atoms with Crippen LogP contribution in [0.4, 0.5) is 0 Å². The quantitative estimate of drug-likeness (QED) is 0.508. The lowest BCUT2D eigenvalue weighted by atomic mass is 9.88. The molecule has 4 fully saturated rings. The highest BCUT2D eigenvalue weighted by Crippen LogP contribution is 2.42. The first-order chi connectivity index (χ1) is 12.7. The molecule has 4 aliphatic rings. The average molecular weight is 413 g/mol. The maximum atomic E-state index is 4.44. The predicted molar refractivity (Wildman–Crippen MR) is 120 cm³/mol. The van der Waals surface area contributed by atoms with Crippen molar-refractivity contribution in [2.75, 3.05) is 32.7 Å². The molecule has 4 heterocycles. The van der Waals surface area contributed by atoms with E-state index < -0.39 is 0 Å².